The Labute approximate surface area is 235 Å². The second-order valence-electron chi connectivity index (χ2n) is 11.1. The molecule has 2 saturated carbocycles. The molecule has 0 N–H and O–H groups in total. The van der Waals surface area contributed by atoms with E-state index >= 15 is 8.78 Å². The van der Waals surface area contributed by atoms with Crippen LogP contribution in [0, 0.1) is 23.4 Å². The van der Waals surface area contributed by atoms with E-state index in [1.165, 1.54) is 12.1 Å². The van der Waals surface area contributed by atoms with Crippen LogP contribution in [0.3, 0.4) is 0 Å². The number of carbonyl (C=O) groups excluding carboxylic acids is 1. The summed E-state index contributed by atoms with van der Waals surface area (Å²) in [6.07, 6.45) is 10.1. The molecule has 0 bridgehead atoms. The summed E-state index contributed by atoms with van der Waals surface area (Å²) < 4.78 is 61.4. The second-order valence-corrected chi connectivity index (χ2v) is 11.1. The average molecular weight is 559 g/mol. The highest BCUT2D eigenvalue weighted by Gasteiger charge is 2.32. The maximum atomic E-state index is 15.3. The molecule has 0 heterocycles. The minimum atomic E-state index is -0.754. The number of hydrogen-bond acceptors (Lipinski definition) is 4. The van der Waals surface area contributed by atoms with Crippen molar-refractivity contribution in [3.05, 3.63) is 71.6 Å². The van der Waals surface area contributed by atoms with Gasteiger partial charge in [-0.2, -0.15) is 0 Å². The van der Waals surface area contributed by atoms with E-state index in [4.69, 9.17) is 14.2 Å². The first kappa shape index (κ1) is 30.2. The summed E-state index contributed by atoms with van der Waals surface area (Å²) in [6.45, 7) is 6.81. The molecular formula is C33H41F3O4. The van der Waals surface area contributed by atoms with Gasteiger partial charge in [0.25, 0.3) is 0 Å². The van der Waals surface area contributed by atoms with E-state index in [-0.39, 0.29) is 35.4 Å². The number of hydrogen-bond donors (Lipinski definition) is 0. The SMILES string of the molecule is C=CCCOc1ccc(OC(=O)C2CCC(c3ccc(C4CCC(OCCCC)CC4)c(F)c3F)CC2)cc1F. The number of esters is 1. The lowest BCUT2D eigenvalue weighted by atomic mass is 9.77. The molecule has 218 valence electrons. The van der Waals surface area contributed by atoms with Gasteiger partial charge in [-0.05, 0) is 99.3 Å². The smallest absolute Gasteiger partial charge is 0.314 e. The van der Waals surface area contributed by atoms with E-state index in [1.807, 2.05) is 0 Å². The van der Waals surface area contributed by atoms with Gasteiger partial charge in [-0.15, -0.1) is 6.58 Å². The summed E-state index contributed by atoms with van der Waals surface area (Å²) in [7, 11) is 0. The Morgan fingerprint density at radius 1 is 0.900 bits per heavy atom. The average Bonchev–Trinajstić information content (AvgIpc) is 2.96. The number of halogens is 3. The standard InChI is InChI=1S/C33H41F3O4/c1-3-5-19-38-25-13-11-23(12-14-25)28-17-16-27(31(35)32(28)36)22-7-9-24(10-8-22)33(37)40-26-15-18-30(29(34)21-26)39-20-6-4-2/h4,15-18,21-25H,2-3,5-14,19-20H2,1H3. The van der Waals surface area contributed by atoms with Crippen LogP contribution in [-0.2, 0) is 9.53 Å². The van der Waals surface area contributed by atoms with Crippen molar-refractivity contribution in [1.82, 2.24) is 0 Å². The van der Waals surface area contributed by atoms with Crippen LogP contribution in [-0.4, -0.2) is 25.3 Å². The fraction of sp³-hybridized carbons (Fsp3) is 0.545. The van der Waals surface area contributed by atoms with Crippen molar-refractivity contribution in [3.8, 4) is 11.5 Å². The molecule has 0 aromatic heterocycles. The summed E-state index contributed by atoms with van der Waals surface area (Å²) in [5.74, 6) is -2.83. The van der Waals surface area contributed by atoms with Crippen LogP contribution < -0.4 is 9.47 Å². The quantitative estimate of drug-likeness (QED) is 0.113. The van der Waals surface area contributed by atoms with Crippen molar-refractivity contribution < 1.29 is 32.2 Å². The number of ether oxygens (including phenoxy) is 3. The molecule has 0 saturated heterocycles. The van der Waals surface area contributed by atoms with Crippen LogP contribution in [0.5, 0.6) is 11.5 Å². The van der Waals surface area contributed by atoms with Gasteiger partial charge in [0.05, 0.1) is 18.6 Å². The maximum absolute atomic E-state index is 15.3. The molecule has 2 fully saturated rings. The molecule has 2 aliphatic carbocycles. The third kappa shape index (κ3) is 7.68. The first-order chi connectivity index (χ1) is 19.4. The van der Waals surface area contributed by atoms with Gasteiger partial charge in [0.2, 0.25) is 0 Å². The molecular weight excluding hydrogens is 517 g/mol. The van der Waals surface area contributed by atoms with Crippen molar-refractivity contribution in [1.29, 1.82) is 0 Å². The van der Waals surface area contributed by atoms with Gasteiger partial charge in [0.15, 0.2) is 23.2 Å². The maximum Gasteiger partial charge on any atom is 0.314 e. The number of carbonyl (C=O) groups is 1. The van der Waals surface area contributed by atoms with E-state index in [0.29, 0.717) is 49.8 Å². The first-order valence-electron chi connectivity index (χ1n) is 14.8. The molecule has 4 rings (SSSR count). The van der Waals surface area contributed by atoms with E-state index in [9.17, 15) is 9.18 Å². The fourth-order valence-corrected chi connectivity index (χ4v) is 5.90. The minimum Gasteiger partial charge on any atom is -0.490 e. The zero-order valence-corrected chi connectivity index (χ0v) is 23.4. The number of rotatable bonds is 12. The largest absolute Gasteiger partial charge is 0.490 e. The summed E-state index contributed by atoms with van der Waals surface area (Å²) in [4.78, 5) is 12.7. The van der Waals surface area contributed by atoms with Crippen molar-refractivity contribution in [3.63, 3.8) is 0 Å². The lowest BCUT2D eigenvalue weighted by molar-refractivity contribution is -0.140. The lowest BCUT2D eigenvalue weighted by Gasteiger charge is -2.30. The Kier molecular flexibility index (Phi) is 11.1. The Morgan fingerprint density at radius 2 is 1.52 bits per heavy atom. The third-order valence-corrected chi connectivity index (χ3v) is 8.31. The molecule has 0 unspecified atom stereocenters. The molecule has 0 aliphatic heterocycles. The van der Waals surface area contributed by atoms with Gasteiger partial charge in [-0.1, -0.05) is 31.6 Å². The molecule has 0 atom stereocenters. The van der Waals surface area contributed by atoms with Gasteiger partial charge in [-0.25, -0.2) is 13.2 Å². The summed E-state index contributed by atoms with van der Waals surface area (Å²) >= 11 is 0. The Hall–Kier alpha value is -2.80. The summed E-state index contributed by atoms with van der Waals surface area (Å²) in [5, 5.41) is 0. The van der Waals surface area contributed by atoms with Gasteiger partial charge < -0.3 is 14.2 Å². The van der Waals surface area contributed by atoms with E-state index in [2.05, 4.69) is 13.5 Å². The van der Waals surface area contributed by atoms with Crippen LogP contribution in [0.4, 0.5) is 13.2 Å². The topological polar surface area (TPSA) is 44.8 Å². The van der Waals surface area contributed by atoms with E-state index in [0.717, 1.165) is 51.2 Å². The number of unbranched alkanes of at least 4 members (excludes halogenated alkanes) is 1. The molecule has 40 heavy (non-hydrogen) atoms. The minimum absolute atomic E-state index is 0.0118. The Balaban J connectivity index is 1.28. The van der Waals surface area contributed by atoms with Crippen molar-refractivity contribution in [2.75, 3.05) is 13.2 Å². The molecule has 0 radical (unpaired) electrons. The van der Waals surface area contributed by atoms with Crippen LogP contribution in [0.15, 0.2) is 43.0 Å². The highest BCUT2D eigenvalue weighted by atomic mass is 19.2. The normalized spacial score (nSPS) is 23.0. The third-order valence-electron chi connectivity index (χ3n) is 8.31. The van der Waals surface area contributed by atoms with Gasteiger partial charge in [0.1, 0.15) is 5.75 Å². The lowest BCUT2D eigenvalue weighted by Crippen LogP contribution is -2.25. The van der Waals surface area contributed by atoms with E-state index in [1.54, 1.807) is 18.2 Å². The molecule has 4 nitrogen and oxygen atoms in total. The molecule has 2 aliphatic rings. The fourth-order valence-electron chi connectivity index (χ4n) is 5.90. The van der Waals surface area contributed by atoms with Crippen molar-refractivity contribution in [2.45, 2.75) is 95.5 Å². The molecule has 2 aromatic rings. The van der Waals surface area contributed by atoms with Crippen LogP contribution >= 0.6 is 0 Å². The number of benzene rings is 2. The predicted molar refractivity (Wildman–Crippen MR) is 149 cm³/mol. The van der Waals surface area contributed by atoms with Crippen LogP contribution in [0.2, 0.25) is 0 Å². The van der Waals surface area contributed by atoms with Crippen LogP contribution in [0.1, 0.15) is 101 Å². The molecule has 7 heteroatoms. The summed E-state index contributed by atoms with van der Waals surface area (Å²) in [5.41, 5.74) is 0.855. The van der Waals surface area contributed by atoms with Gasteiger partial charge in [-0.3, -0.25) is 4.79 Å². The van der Waals surface area contributed by atoms with Gasteiger partial charge >= 0.3 is 5.97 Å². The summed E-state index contributed by atoms with van der Waals surface area (Å²) in [6, 6.07) is 7.57. The van der Waals surface area contributed by atoms with Crippen LogP contribution in [0.25, 0.3) is 0 Å². The second kappa shape index (κ2) is 14.7. The zero-order valence-electron chi connectivity index (χ0n) is 23.4. The Morgan fingerprint density at radius 3 is 2.10 bits per heavy atom. The molecule has 0 amide bonds. The van der Waals surface area contributed by atoms with Gasteiger partial charge in [0, 0.05) is 12.7 Å². The van der Waals surface area contributed by atoms with Crippen molar-refractivity contribution in [2.24, 2.45) is 5.92 Å². The van der Waals surface area contributed by atoms with E-state index < -0.39 is 23.4 Å². The highest BCUT2D eigenvalue weighted by molar-refractivity contribution is 5.75. The highest BCUT2D eigenvalue weighted by Crippen LogP contribution is 2.41. The van der Waals surface area contributed by atoms with Crippen molar-refractivity contribution >= 4 is 5.97 Å². The first-order valence-corrected chi connectivity index (χ1v) is 14.8. The Bertz CT molecular complexity index is 1130. The monoisotopic (exact) mass is 558 g/mol. The molecule has 2 aromatic carbocycles. The zero-order chi connectivity index (χ0) is 28.5. The molecule has 0 spiro atoms. The predicted octanol–water partition coefficient (Wildman–Crippen LogP) is 8.78.